The highest BCUT2D eigenvalue weighted by atomic mass is 32.1. The number of nitrogens with zero attached hydrogens (tertiary/aromatic N) is 2. The molecule has 2 amide bonds. The van der Waals surface area contributed by atoms with E-state index in [0.717, 1.165) is 4.70 Å². The number of fused-ring (bicyclic) bond motifs is 1. The third-order valence-corrected chi connectivity index (χ3v) is 3.24. The van der Waals surface area contributed by atoms with Gasteiger partial charge in [-0.15, -0.1) is 0 Å². The lowest BCUT2D eigenvalue weighted by atomic mass is 10.3. The molecule has 0 spiro atoms. The molecule has 18 heavy (non-hydrogen) atoms. The van der Waals surface area contributed by atoms with E-state index >= 15 is 0 Å². The van der Waals surface area contributed by atoms with Crippen molar-refractivity contribution in [2.75, 3.05) is 32.3 Å². The molecule has 0 aliphatic heterocycles. The summed E-state index contributed by atoms with van der Waals surface area (Å²) >= 11 is 1.36. The zero-order chi connectivity index (χ0) is 13.3. The minimum atomic E-state index is -0.221. The fourth-order valence-corrected chi connectivity index (χ4v) is 2.35. The van der Waals surface area contributed by atoms with Crippen molar-refractivity contribution >= 4 is 38.4 Å². The SMILES string of the molecule is COc1cc(N)cc2sc(NC(=O)N(C)C)nc12. The van der Waals surface area contributed by atoms with Crippen molar-refractivity contribution in [3.05, 3.63) is 12.1 Å². The molecule has 0 radical (unpaired) electrons. The zero-order valence-electron chi connectivity index (χ0n) is 10.4. The average Bonchev–Trinajstić information content (AvgIpc) is 2.69. The molecule has 1 aromatic carbocycles. The molecule has 0 saturated heterocycles. The van der Waals surface area contributed by atoms with Crippen LogP contribution in [0.25, 0.3) is 10.2 Å². The first kappa shape index (κ1) is 12.4. The third-order valence-electron chi connectivity index (χ3n) is 2.32. The first-order valence-electron chi connectivity index (χ1n) is 5.23. The topological polar surface area (TPSA) is 80.5 Å². The van der Waals surface area contributed by atoms with E-state index in [2.05, 4.69) is 10.3 Å². The molecule has 0 atom stereocenters. The largest absolute Gasteiger partial charge is 0.494 e. The highest BCUT2D eigenvalue weighted by Crippen LogP contribution is 2.34. The number of carbonyl (C=O) groups excluding carboxylic acids is 1. The number of aromatic nitrogens is 1. The Balaban J connectivity index is 2.41. The molecule has 1 aromatic heterocycles. The van der Waals surface area contributed by atoms with Gasteiger partial charge in [-0.2, -0.15) is 0 Å². The highest BCUT2D eigenvalue weighted by molar-refractivity contribution is 7.22. The molecule has 0 aliphatic rings. The van der Waals surface area contributed by atoms with Crippen molar-refractivity contribution in [1.29, 1.82) is 0 Å². The van der Waals surface area contributed by atoms with E-state index in [1.165, 1.54) is 16.2 Å². The zero-order valence-corrected chi connectivity index (χ0v) is 11.2. The van der Waals surface area contributed by atoms with Gasteiger partial charge in [0.05, 0.1) is 11.8 Å². The van der Waals surface area contributed by atoms with Gasteiger partial charge >= 0.3 is 6.03 Å². The molecule has 96 valence electrons. The Morgan fingerprint density at radius 2 is 2.22 bits per heavy atom. The van der Waals surface area contributed by atoms with Crippen LogP contribution >= 0.6 is 11.3 Å². The van der Waals surface area contributed by atoms with Crippen LogP contribution in [0.5, 0.6) is 5.75 Å². The number of hydrogen-bond donors (Lipinski definition) is 2. The molecular weight excluding hydrogens is 252 g/mol. The Morgan fingerprint density at radius 1 is 1.50 bits per heavy atom. The fourth-order valence-electron chi connectivity index (χ4n) is 1.43. The molecule has 0 bridgehead atoms. The number of carbonyl (C=O) groups is 1. The van der Waals surface area contributed by atoms with Crippen molar-refractivity contribution < 1.29 is 9.53 Å². The quantitative estimate of drug-likeness (QED) is 0.814. The second kappa shape index (κ2) is 4.69. The van der Waals surface area contributed by atoms with E-state index in [9.17, 15) is 4.79 Å². The van der Waals surface area contributed by atoms with E-state index in [-0.39, 0.29) is 6.03 Å². The number of ether oxygens (including phenoxy) is 1. The fraction of sp³-hybridized carbons (Fsp3) is 0.273. The van der Waals surface area contributed by atoms with Crippen LogP contribution in [0.1, 0.15) is 0 Å². The Labute approximate surface area is 108 Å². The summed E-state index contributed by atoms with van der Waals surface area (Å²) in [6, 6.07) is 3.29. The van der Waals surface area contributed by atoms with Crippen LogP contribution in [0.2, 0.25) is 0 Å². The predicted octanol–water partition coefficient (Wildman–Crippen LogP) is 1.98. The third kappa shape index (κ3) is 2.30. The number of rotatable bonds is 2. The lowest BCUT2D eigenvalue weighted by Crippen LogP contribution is -2.27. The van der Waals surface area contributed by atoms with E-state index in [1.807, 2.05) is 0 Å². The van der Waals surface area contributed by atoms with Gasteiger partial charge in [0.2, 0.25) is 0 Å². The van der Waals surface area contributed by atoms with Gasteiger partial charge in [0.15, 0.2) is 5.13 Å². The lowest BCUT2D eigenvalue weighted by molar-refractivity contribution is 0.230. The van der Waals surface area contributed by atoms with Crippen molar-refractivity contribution in [3.63, 3.8) is 0 Å². The average molecular weight is 266 g/mol. The van der Waals surface area contributed by atoms with Crippen LogP contribution in [-0.2, 0) is 0 Å². The number of nitrogens with two attached hydrogens (primary N) is 1. The van der Waals surface area contributed by atoms with Crippen LogP contribution < -0.4 is 15.8 Å². The number of amides is 2. The summed E-state index contributed by atoms with van der Waals surface area (Å²) < 4.78 is 6.09. The van der Waals surface area contributed by atoms with Crippen molar-refractivity contribution in [2.45, 2.75) is 0 Å². The van der Waals surface area contributed by atoms with Gasteiger partial charge in [-0.1, -0.05) is 11.3 Å². The van der Waals surface area contributed by atoms with Crippen LogP contribution in [0.15, 0.2) is 12.1 Å². The summed E-state index contributed by atoms with van der Waals surface area (Å²) in [6.45, 7) is 0. The first-order valence-corrected chi connectivity index (χ1v) is 6.05. The van der Waals surface area contributed by atoms with E-state index in [1.54, 1.807) is 33.3 Å². The number of benzene rings is 1. The Kier molecular flexibility index (Phi) is 3.24. The van der Waals surface area contributed by atoms with Crippen LogP contribution in [0.4, 0.5) is 15.6 Å². The molecule has 2 rings (SSSR count). The molecule has 6 nitrogen and oxygen atoms in total. The number of nitrogens with one attached hydrogen (secondary N) is 1. The Hall–Kier alpha value is -2.02. The standard InChI is InChI=1S/C11H14N4O2S/c1-15(2)11(16)14-10-13-9-7(17-3)4-6(12)5-8(9)18-10/h4-5H,12H2,1-3H3,(H,13,14,16). The van der Waals surface area contributed by atoms with Gasteiger partial charge in [-0.25, -0.2) is 9.78 Å². The second-order valence-corrected chi connectivity index (χ2v) is 4.94. The minimum Gasteiger partial charge on any atom is -0.494 e. The molecule has 0 aliphatic carbocycles. The minimum absolute atomic E-state index is 0.221. The number of methoxy groups -OCH3 is 1. The van der Waals surface area contributed by atoms with E-state index in [4.69, 9.17) is 10.5 Å². The molecule has 0 saturated carbocycles. The van der Waals surface area contributed by atoms with Crippen LogP contribution in [0, 0.1) is 0 Å². The highest BCUT2D eigenvalue weighted by Gasteiger charge is 2.12. The van der Waals surface area contributed by atoms with Gasteiger partial charge in [0, 0.05) is 25.8 Å². The summed E-state index contributed by atoms with van der Waals surface area (Å²) in [7, 11) is 4.90. The maximum atomic E-state index is 11.5. The predicted molar refractivity (Wildman–Crippen MR) is 73.3 cm³/mol. The Morgan fingerprint density at radius 3 is 2.83 bits per heavy atom. The number of thiazole rings is 1. The molecule has 3 N–H and O–H groups in total. The molecular formula is C11H14N4O2S. The van der Waals surface area contributed by atoms with Crippen molar-refractivity contribution in [1.82, 2.24) is 9.88 Å². The number of anilines is 2. The number of hydrogen-bond acceptors (Lipinski definition) is 5. The molecule has 0 fully saturated rings. The van der Waals surface area contributed by atoms with Crippen LogP contribution in [0.3, 0.4) is 0 Å². The molecule has 2 aromatic rings. The Bertz CT molecular complexity index is 594. The van der Waals surface area contributed by atoms with Crippen molar-refractivity contribution in [2.24, 2.45) is 0 Å². The summed E-state index contributed by atoms with van der Waals surface area (Å²) in [6.07, 6.45) is 0. The molecule has 7 heteroatoms. The maximum Gasteiger partial charge on any atom is 0.323 e. The number of urea groups is 1. The summed E-state index contributed by atoms with van der Waals surface area (Å²) in [5, 5.41) is 3.22. The van der Waals surface area contributed by atoms with Gasteiger partial charge in [-0.05, 0) is 6.07 Å². The van der Waals surface area contributed by atoms with Gasteiger partial charge in [-0.3, -0.25) is 5.32 Å². The second-order valence-electron chi connectivity index (χ2n) is 3.91. The maximum absolute atomic E-state index is 11.5. The smallest absolute Gasteiger partial charge is 0.323 e. The summed E-state index contributed by atoms with van der Waals surface area (Å²) in [4.78, 5) is 17.3. The monoisotopic (exact) mass is 266 g/mol. The van der Waals surface area contributed by atoms with Gasteiger partial charge in [0.25, 0.3) is 0 Å². The first-order chi connectivity index (χ1) is 8.51. The van der Waals surface area contributed by atoms with E-state index < -0.39 is 0 Å². The summed E-state index contributed by atoms with van der Waals surface area (Å²) in [5.41, 5.74) is 7.07. The van der Waals surface area contributed by atoms with Gasteiger partial charge in [0.1, 0.15) is 11.3 Å². The van der Waals surface area contributed by atoms with E-state index in [0.29, 0.717) is 22.1 Å². The number of nitrogen functional groups attached to an aromatic ring is 1. The lowest BCUT2D eigenvalue weighted by Gasteiger charge is -2.09. The molecule has 0 unspecified atom stereocenters. The normalized spacial score (nSPS) is 10.4. The van der Waals surface area contributed by atoms with Crippen LogP contribution in [-0.4, -0.2) is 37.1 Å². The molecule has 1 heterocycles. The van der Waals surface area contributed by atoms with Gasteiger partial charge < -0.3 is 15.4 Å². The summed E-state index contributed by atoms with van der Waals surface area (Å²) in [5.74, 6) is 0.603. The van der Waals surface area contributed by atoms with Crippen molar-refractivity contribution in [3.8, 4) is 5.75 Å².